The lowest BCUT2D eigenvalue weighted by Crippen LogP contribution is -1.95. The zero-order chi connectivity index (χ0) is 11.5. The number of anilines is 1. The Bertz CT molecular complexity index is 479. The normalized spacial score (nSPS) is 12.6. The van der Waals surface area contributed by atoms with E-state index < -0.39 is 0 Å². The fourth-order valence-corrected chi connectivity index (χ4v) is 1.51. The van der Waals surface area contributed by atoms with Crippen molar-refractivity contribution in [2.75, 3.05) is 12.8 Å². The molecule has 0 radical (unpaired) electrons. The van der Waals surface area contributed by atoms with E-state index in [0.29, 0.717) is 5.88 Å². The van der Waals surface area contributed by atoms with Crippen molar-refractivity contribution >= 4 is 5.88 Å². The highest BCUT2D eigenvalue weighted by Crippen LogP contribution is 2.24. The second kappa shape index (κ2) is 4.37. The van der Waals surface area contributed by atoms with Crippen molar-refractivity contribution in [3.8, 4) is 11.3 Å². The minimum absolute atomic E-state index is 0.0594. The van der Waals surface area contributed by atoms with Gasteiger partial charge in [0.05, 0.1) is 6.10 Å². The van der Waals surface area contributed by atoms with E-state index in [1.807, 2.05) is 31.2 Å². The van der Waals surface area contributed by atoms with E-state index in [0.717, 1.165) is 16.8 Å². The van der Waals surface area contributed by atoms with Crippen LogP contribution in [0.15, 0.2) is 34.9 Å². The van der Waals surface area contributed by atoms with Crippen LogP contribution in [0.2, 0.25) is 0 Å². The smallest absolute Gasteiger partial charge is 0.222 e. The molecule has 0 saturated heterocycles. The highest BCUT2D eigenvalue weighted by molar-refractivity contribution is 5.61. The largest absolute Gasteiger partial charge is 0.377 e. The molecule has 2 aromatic rings. The van der Waals surface area contributed by atoms with Crippen molar-refractivity contribution in [1.29, 1.82) is 0 Å². The molecule has 0 spiro atoms. The molecule has 0 saturated carbocycles. The van der Waals surface area contributed by atoms with E-state index in [2.05, 4.69) is 5.16 Å². The van der Waals surface area contributed by atoms with E-state index in [1.54, 1.807) is 13.2 Å². The number of methoxy groups -OCH3 is 1. The number of hydrogen-bond donors (Lipinski definition) is 1. The van der Waals surface area contributed by atoms with Gasteiger partial charge >= 0.3 is 0 Å². The van der Waals surface area contributed by atoms with Gasteiger partial charge in [-0.15, -0.1) is 0 Å². The molecule has 1 aromatic heterocycles. The van der Waals surface area contributed by atoms with Gasteiger partial charge in [0.15, 0.2) is 0 Å². The zero-order valence-corrected chi connectivity index (χ0v) is 9.31. The summed E-state index contributed by atoms with van der Waals surface area (Å²) < 4.78 is 10.1. The first-order valence-electron chi connectivity index (χ1n) is 5.06. The van der Waals surface area contributed by atoms with E-state index in [-0.39, 0.29) is 6.10 Å². The molecule has 4 nitrogen and oxygen atoms in total. The molecule has 0 fully saturated rings. The second-order valence-corrected chi connectivity index (χ2v) is 3.62. The van der Waals surface area contributed by atoms with Crippen LogP contribution in [0.4, 0.5) is 5.88 Å². The quantitative estimate of drug-likeness (QED) is 0.860. The summed E-state index contributed by atoms with van der Waals surface area (Å²) in [4.78, 5) is 0. The van der Waals surface area contributed by atoms with Gasteiger partial charge in [-0.3, -0.25) is 0 Å². The first-order chi connectivity index (χ1) is 7.70. The molecule has 0 aliphatic heterocycles. The van der Waals surface area contributed by atoms with E-state index in [4.69, 9.17) is 15.0 Å². The standard InChI is InChI=1S/C12H14N2O2/c1-8(15-2)9-4-3-5-10(6-9)11-7-12(13)16-14-11/h3-8H,13H2,1-2H3. The molecule has 1 unspecified atom stereocenters. The SMILES string of the molecule is COC(C)c1cccc(-c2cc(N)on2)c1. The Labute approximate surface area is 94.0 Å². The Balaban J connectivity index is 2.36. The average Bonchev–Trinajstić information content (AvgIpc) is 2.75. The molecule has 0 aliphatic carbocycles. The Morgan fingerprint density at radius 3 is 2.81 bits per heavy atom. The third-order valence-electron chi connectivity index (χ3n) is 2.53. The molecule has 2 rings (SSSR count). The van der Waals surface area contributed by atoms with Crippen molar-refractivity contribution in [3.63, 3.8) is 0 Å². The summed E-state index contributed by atoms with van der Waals surface area (Å²) in [5.41, 5.74) is 8.30. The van der Waals surface area contributed by atoms with Crippen molar-refractivity contribution in [2.45, 2.75) is 13.0 Å². The van der Waals surface area contributed by atoms with Gasteiger partial charge < -0.3 is 15.0 Å². The Morgan fingerprint density at radius 1 is 1.38 bits per heavy atom. The monoisotopic (exact) mass is 218 g/mol. The van der Waals surface area contributed by atoms with Crippen LogP contribution in [0.5, 0.6) is 0 Å². The summed E-state index contributed by atoms with van der Waals surface area (Å²) in [7, 11) is 1.69. The predicted molar refractivity (Wildman–Crippen MR) is 61.8 cm³/mol. The van der Waals surface area contributed by atoms with Crippen LogP contribution in [0, 0.1) is 0 Å². The summed E-state index contributed by atoms with van der Waals surface area (Å²) in [6.45, 7) is 2.00. The van der Waals surface area contributed by atoms with Crippen LogP contribution in [0.3, 0.4) is 0 Å². The zero-order valence-electron chi connectivity index (χ0n) is 9.31. The molecule has 16 heavy (non-hydrogen) atoms. The first kappa shape index (κ1) is 10.7. The van der Waals surface area contributed by atoms with Gasteiger partial charge in [-0.2, -0.15) is 0 Å². The maximum atomic E-state index is 5.49. The van der Waals surface area contributed by atoms with E-state index in [9.17, 15) is 0 Å². The van der Waals surface area contributed by atoms with Crippen molar-refractivity contribution < 1.29 is 9.26 Å². The third kappa shape index (κ3) is 2.06. The van der Waals surface area contributed by atoms with Crippen molar-refractivity contribution in [3.05, 3.63) is 35.9 Å². The summed E-state index contributed by atoms with van der Waals surface area (Å²) in [5.74, 6) is 0.320. The first-order valence-corrected chi connectivity index (χ1v) is 5.06. The third-order valence-corrected chi connectivity index (χ3v) is 2.53. The molecule has 0 bridgehead atoms. The number of hydrogen-bond acceptors (Lipinski definition) is 4. The van der Waals surface area contributed by atoms with Gasteiger partial charge in [0.25, 0.3) is 0 Å². The fraction of sp³-hybridized carbons (Fsp3) is 0.250. The highest BCUT2D eigenvalue weighted by Gasteiger charge is 2.08. The maximum absolute atomic E-state index is 5.49. The topological polar surface area (TPSA) is 61.3 Å². The van der Waals surface area contributed by atoms with Gasteiger partial charge in [0.1, 0.15) is 5.69 Å². The minimum Gasteiger partial charge on any atom is -0.377 e. The fourth-order valence-electron chi connectivity index (χ4n) is 1.51. The number of rotatable bonds is 3. The van der Waals surface area contributed by atoms with Crippen LogP contribution in [0.25, 0.3) is 11.3 Å². The molecule has 1 atom stereocenters. The lowest BCUT2D eigenvalue weighted by atomic mass is 10.1. The van der Waals surface area contributed by atoms with Crippen LogP contribution in [-0.4, -0.2) is 12.3 Å². The number of nitrogens with zero attached hydrogens (tertiary/aromatic N) is 1. The number of nitrogen functional groups attached to an aromatic ring is 1. The summed E-state index contributed by atoms with van der Waals surface area (Å²) in [6, 6.07) is 9.66. The highest BCUT2D eigenvalue weighted by atomic mass is 16.5. The molecular weight excluding hydrogens is 204 g/mol. The molecule has 84 valence electrons. The molecule has 4 heteroatoms. The number of aromatic nitrogens is 1. The van der Waals surface area contributed by atoms with E-state index in [1.165, 1.54) is 0 Å². The number of benzene rings is 1. The van der Waals surface area contributed by atoms with Crippen LogP contribution < -0.4 is 5.73 Å². The summed E-state index contributed by atoms with van der Waals surface area (Å²) in [6.07, 6.45) is 0.0594. The van der Waals surface area contributed by atoms with Gasteiger partial charge in [0, 0.05) is 18.7 Å². The average molecular weight is 218 g/mol. The molecule has 1 heterocycles. The van der Waals surface area contributed by atoms with Gasteiger partial charge in [-0.05, 0) is 18.6 Å². The second-order valence-electron chi connectivity index (χ2n) is 3.62. The summed E-state index contributed by atoms with van der Waals surface area (Å²) >= 11 is 0. The summed E-state index contributed by atoms with van der Waals surface area (Å²) in [5, 5.41) is 3.87. The van der Waals surface area contributed by atoms with Crippen LogP contribution in [0.1, 0.15) is 18.6 Å². The Hall–Kier alpha value is -1.81. The van der Waals surface area contributed by atoms with Gasteiger partial charge in [-0.25, -0.2) is 0 Å². The van der Waals surface area contributed by atoms with Gasteiger partial charge in [0.2, 0.25) is 5.88 Å². The molecule has 0 aliphatic rings. The van der Waals surface area contributed by atoms with Crippen molar-refractivity contribution in [2.24, 2.45) is 0 Å². The Morgan fingerprint density at radius 2 is 2.19 bits per heavy atom. The molecular formula is C12H14N2O2. The van der Waals surface area contributed by atoms with Crippen molar-refractivity contribution in [1.82, 2.24) is 5.16 Å². The molecule has 0 amide bonds. The van der Waals surface area contributed by atoms with Crippen LogP contribution >= 0.6 is 0 Å². The van der Waals surface area contributed by atoms with E-state index >= 15 is 0 Å². The lowest BCUT2D eigenvalue weighted by molar-refractivity contribution is 0.119. The van der Waals surface area contributed by atoms with Crippen LogP contribution in [-0.2, 0) is 4.74 Å². The lowest BCUT2D eigenvalue weighted by Gasteiger charge is -2.10. The molecule has 2 N–H and O–H groups in total. The predicted octanol–water partition coefficient (Wildman–Crippen LogP) is 2.63. The number of nitrogens with two attached hydrogens (primary N) is 1. The van der Waals surface area contributed by atoms with Gasteiger partial charge in [-0.1, -0.05) is 23.4 Å². The number of ether oxygens (including phenoxy) is 1. The maximum Gasteiger partial charge on any atom is 0.222 e. The molecule has 1 aromatic carbocycles. The minimum atomic E-state index is 0.0594. The Kier molecular flexibility index (Phi) is 2.92.